The largest absolute Gasteiger partial charge is 0.497 e. The zero-order valence-corrected chi connectivity index (χ0v) is 16.7. The summed E-state index contributed by atoms with van der Waals surface area (Å²) in [6.45, 7) is 2.50. The van der Waals surface area contributed by atoms with Crippen molar-refractivity contribution in [2.24, 2.45) is 0 Å². The van der Waals surface area contributed by atoms with E-state index in [1.54, 1.807) is 7.11 Å². The van der Waals surface area contributed by atoms with E-state index in [1.807, 2.05) is 55.5 Å². The molecule has 3 aromatic rings. The van der Waals surface area contributed by atoms with Crippen molar-refractivity contribution in [1.29, 1.82) is 0 Å². The average molecular weight is 401 g/mol. The molecule has 0 saturated heterocycles. The van der Waals surface area contributed by atoms with Gasteiger partial charge in [0.2, 0.25) is 11.0 Å². The van der Waals surface area contributed by atoms with Gasteiger partial charge in [-0.1, -0.05) is 53.4 Å². The van der Waals surface area contributed by atoms with Gasteiger partial charge in [-0.2, -0.15) is 0 Å². The molecule has 0 aliphatic carbocycles. The second-order valence-electron chi connectivity index (χ2n) is 5.73. The first-order chi connectivity index (χ1) is 13.1. The minimum atomic E-state index is -0.0496. The zero-order valence-electron chi connectivity index (χ0n) is 15.1. The highest BCUT2D eigenvalue weighted by Gasteiger charge is 2.09. The minimum Gasteiger partial charge on any atom is -0.497 e. The molecular weight excluding hydrogens is 380 g/mol. The molecule has 0 spiro atoms. The van der Waals surface area contributed by atoms with Gasteiger partial charge >= 0.3 is 0 Å². The Morgan fingerprint density at radius 1 is 1.19 bits per heavy atom. The molecule has 2 aromatic carbocycles. The lowest BCUT2D eigenvalue weighted by atomic mass is 10.2. The van der Waals surface area contributed by atoms with Gasteiger partial charge in [-0.05, 0) is 36.2 Å². The first-order valence-corrected chi connectivity index (χ1v) is 10.1. The third kappa shape index (κ3) is 5.70. The van der Waals surface area contributed by atoms with Gasteiger partial charge in [0.25, 0.3) is 0 Å². The van der Waals surface area contributed by atoms with E-state index in [2.05, 4.69) is 20.8 Å². The van der Waals surface area contributed by atoms with E-state index < -0.39 is 0 Å². The molecule has 0 saturated carbocycles. The molecule has 2 N–H and O–H groups in total. The van der Waals surface area contributed by atoms with E-state index in [4.69, 9.17) is 4.74 Å². The number of amides is 1. The highest BCUT2D eigenvalue weighted by atomic mass is 32.2. The van der Waals surface area contributed by atoms with Crippen LogP contribution in [0.4, 0.5) is 10.8 Å². The quantitative estimate of drug-likeness (QED) is 0.557. The van der Waals surface area contributed by atoms with Crippen LogP contribution in [0, 0.1) is 6.92 Å². The van der Waals surface area contributed by atoms with Crippen LogP contribution in [0.3, 0.4) is 0 Å². The fourth-order valence-electron chi connectivity index (χ4n) is 2.31. The Bertz CT molecular complexity index is 914. The fraction of sp³-hybridized carbons (Fsp3) is 0.211. The second kappa shape index (κ2) is 9.38. The second-order valence-corrected chi connectivity index (χ2v) is 7.93. The Hall–Kier alpha value is -2.58. The smallest absolute Gasteiger partial charge is 0.230 e. The maximum absolute atomic E-state index is 12.1. The summed E-state index contributed by atoms with van der Waals surface area (Å²) in [5.74, 6) is 1.02. The van der Waals surface area contributed by atoms with Crippen molar-refractivity contribution in [3.05, 3.63) is 59.7 Å². The van der Waals surface area contributed by atoms with Crippen LogP contribution in [0.25, 0.3) is 0 Å². The van der Waals surface area contributed by atoms with Crippen LogP contribution in [0.15, 0.2) is 52.9 Å². The van der Waals surface area contributed by atoms with Crippen LogP contribution in [-0.2, 0) is 11.3 Å². The van der Waals surface area contributed by atoms with Crippen molar-refractivity contribution in [1.82, 2.24) is 15.5 Å². The van der Waals surface area contributed by atoms with E-state index in [0.717, 1.165) is 26.9 Å². The van der Waals surface area contributed by atoms with Crippen molar-refractivity contribution < 1.29 is 9.53 Å². The zero-order chi connectivity index (χ0) is 19.1. The van der Waals surface area contributed by atoms with Crippen molar-refractivity contribution in [2.45, 2.75) is 17.8 Å². The number of hydrogen-bond acceptors (Lipinski definition) is 7. The van der Waals surface area contributed by atoms with Crippen molar-refractivity contribution >= 4 is 39.8 Å². The highest BCUT2D eigenvalue weighted by molar-refractivity contribution is 8.01. The lowest BCUT2D eigenvalue weighted by Crippen LogP contribution is -2.24. The van der Waals surface area contributed by atoms with E-state index in [0.29, 0.717) is 17.4 Å². The molecule has 3 rings (SSSR count). The van der Waals surface area contributed by atoms with E-state index in [-0.39, 0.29) is 5.91 Å². The van der Waals surface area contributed by atoms with Crippen molar-refractivity contribution in [3.63, 3.8) is 0 Å². The van der Waals surface area contributed by atoms with Gasteiger partial charge in [0.15, 0.2) is 4.34 Å². The van der Waals surface area contributed by atoms with Crippen LogP contribution in [0.2, 0.25) is 0 Å². The van der Waals surface area contributed by atoms with E-state index in [9.17, 15) is 4.79 Å². The van der Waals surface area contributed by atoms with Gasteiger partial charge in [0.05, 0.1) is 12.9 Å². The molecule has 0 unspecified atom stereocenters. The number of nitrogens with one attached hydrogen (secondary N) is 2. The number of benzene rings is 2. The normalized spacial score (nSPS) is 10.4. The number of aromatic nitrogens is 2. The van der Waals surface area contributed by atoms with E-state index >= 15 is 0 Å². The van der Waals surface area contributed by atoms with Crippen LogP contribution in [0.1, 0.15) is 11.1 Å². The van der Waals surface area contributed by atoms with Crippen LogP contribution >= 0.6 is 23.1 Å². The minimum absolute atomic E-state index is 0.0496. The van der Waals surface area contributed by atoms with Crippen molar-refractivity contribution in [3.8, 4) is 5.75 Å². The number of rotatable bonds is 8. The summed E-state index contributed by atoms with van der Waals surface area (Å²) in [7, 11) is 1.62. The molecular formula is C19H20N4O2S2. The lowest BCUT2D eigenvalue weighted by molar-refractivity contribution is -0.118. The monoisotopic (exact) mass is 400 g/mol. The molecule has 8 heteroatoms. The lowest BCUT2D eigenvalue weighted by Gasteiger charge is -2.06. The number of methoxy groups -OCH3 is 1. The average Bonchev–Trinajstić information content (AvgIpc) is 3.14. The summed E-state index contributed by atoms with van der Waals surface area (Å²) < 4.78 is 5.94. The molecule has 1 amide bonds. The van der Waals surface area contributed by atoms with Gasteiger partial charge in [-0.15, -0.1) is 10.2 Å². The Labute approximate surface area is 166 Å². The standard InChI is InChI=1S/C19H20N4O2S2/c1-13-6-3-4-9-16(13)21-18-22-23-19(27-18)26-12-17(24)20-11-14-7-5-8-15(10-14)25-2/h3-10H,11-12H2,1-2H3,(H,20,24)(H,21,22). The summed E-state index contributed by atoms with van der Waals surface area (Å²) in [6, 6.07) is 15.6. The fourth-order valence-corrected chi connectivity index (χ4v) is 3.90. The van der Waals surface area contributed by atoms with Crippen LogP contribution in [0.5, 0.6) is 5.75 Å². The van der Waals surface area contributed by atoms with E-state index in [1.165, 1.54) is 23.1 Å². The number of ether oxygens (including phenoxy) is 1. The maximum atomic E-state index is 12.1. The van der Waals surface area contributed by atoms with Gasteiger partial charge in [0.1, 0.15) is 5.75 Å². The van der Waals surface area contributed by atoms with Gasteiger partial charge in [-0.3, -0.25) is 4.79 Å². The summed E-state index contributed by atoms with van der Waals surface area (Å²) in [5.41, 5.74) is 3.13. The molecule has 0 atom stereocenters. The van der Waals surface area contributed by atoms with Crippen LogP contribution < -0.4 is 15.4 Å². The number of aryl methyl sites for hydroxylation is 1. The Kier molecular flexibility index (Phi) is 6.67. The Morgan fingerprint density at radius 2 is 2.04 bits per heavy atom. The number of para-hydroxylation sites is 1. The number of thioether (sulfide) groups is 1. The molecule has 0 radical (unpaired) electrons. The topological polar surface area (TPSA) is 76.1 Å². The number of carbonyl (C=O) groups is 1. The maximum Gasteiger partial charge on any atom is 0.230 e. The SMILES string of the molecule is COc1cccc(CNC(=O)CSc2nnc(Nc3ccccc3C)s2)c1. The predicted octanol–water partition coefficient (Wildman–Crippen LogP) is 4.01. The molecule has 0 aliphatic rings. The number of nitrogens with zero attached hydrogens (tertiary/aromatic N) is 2. The Balaban J connectivity index is 1.46. The van der Waals surface area contributed by atoms with Gasteiger partial charge in [0, 0.05) is 12.2 Å². The number of hydrogen-bond donors (Lipinski definition) is 2. The number of anilines is 2. The molecule has 0 aliphatic heterocycles. The predicted molar refractivity (Wildman–Crippen MR) is 110 cm³/mol. The molecule has 1 heterocycles. The van der Waals surface area contributed by atoms with Gasteiger partial charge < -0.3 is 15.4 Å². The molecule has 27 heavy (non-hydrogen) atoms. The highest BCUT2D eigenvalue weighted by Crippen LogP contribution is 2.28. The Morgan fingerprint density at radius 3 is 2.85 bits per heavy atom. The number of carbonyl (C=O) groups excluding carboxylic acids is 1. The molecule has 0 fully saturated rings. The first kappa shape index (κ1) is 19.2. The van der Waals surface area contributed by atoms with Crippen LogP contribution in [-0.4, -0.2) is 29.0 Å². The third-order valence-electron chi connectivity index (χ3n) is 3.74. The molecule has 140 valence electrons. The summed E-state index contributed by atoms with van der Waals surface area (Å²) in [6.07, 6.45) is 0. The first-order valence-electron chi connectivity index (χ1n) is 8.32. The molecule has 6 nitrogen and oxygen atoms in total. The summed E-state index contributed by atoms with van der Waals surface area (Å²) in [5, 5.41) is 15.1. The summed E-state index contributed by atoms with van der Waals surface area (Å²) >= 11 is 2.81. The molecule has 1 aromatic heterocycles. The molecule has 0 bridgehead atoms. The third-order valence-corrected chi connectivity index (χ3v) is 5.72. The van der Waals surface area contributed by atoms with Crippen molar-refractivity contribution in [2.75, 3.05) is 18.2 Å². The summed E-state index contributed by atoms with van der Waals surface area (Å²) in [4.78, 5) is 12.1. The van der Waals surface area contributed by atoms with Gasteiger partial charge in [-0.25, -0.2) is 0 Å².